The van der Waals surface area contributed by atoms with E-state index in [2.05, 4.69) is 10.0 Å². The number of ketones is 1. The second-order valence-corrected chi connectivity index (χ2v) is 3.41. The van der Waals surface area contributed by atoms with Crippen LogP contribution < -0.4 is 0 Å². The fourth-order valence-electron chi connectivity index (χ4n) is 1.34. The van der Waals surface area contributed by atoms with Crippen molar-refractivity contribution in [3.63, 3.8) is 0 Å². The lowest BCUT2D eigenvalue weighted by atomic mass is 10.1. The first kappa shape index (κ1) is 12.9. The number of Topliss-reactive ketones (excluding diaryl/α,β-unsaturated/α-hetero) is 1. The summed E-state index contributed by atoms with van der Waals surface area (Å²) in [5, 5.41) is 3.35. The zero-order valence-corrected chi connectivity index (χ0v) is 9.43. The summed E-state index contributed by atoms with van der Waals surface area (Å²) in [5.41, 5.74) is 8.51. The van der Waals surface area contributed by atoms with Gasteiger partial charge in [-0.25, -0.2) is 4.39 Å². The number of nitrogens with zero attached hydrogens (tertiary/aromatic N) is 3. The van der Waals surface area contributed by atoms with Gasteiger partial charge in [-0.15, -0.1) is 0 Å². The quantitative estimate of drug-likeness (QED) is 0.251. The molecule has 0 radical (unpaired) electrons. The van der Waals surface area contributed by atoms with E-state index in [1.165, 1.54) is 13.0 Å². The van der Waals surface area contributed by atoms with Crippen molar-refractivity contribution in [3.8, 4) is 0 Å². The summed E-state index contributed by atoms with van der Waals surface area (Å²) < 4.78 is 13.7. The normalized spacial score (nSPS) is 10.2. The number of benzene rings is 1. The van der Waals surface area contributed by atoms with Crippen LogP contribution >= 0.6 is 0 Å². The van der Waals surface area contributed by atoms with Crippen LogP contribution in [0.2, 0.25) is 0 Å². The highest BCUT2D eigenvalue weighted by molar-refractivity contribution is 5.94. The Hall–Kier alpha value is -2.13. The first-order valence-electron chi connectivity index (χ1n) is 5.13. The average Bonchev–Trinajstić information content (AvgIpc) is 2.30. The Morgan fingerprint density at radius 2 is 2.35 bits per heavy atom. The van der Waals surface area contributed by atoms with Crippen molar-refractivity contribution in [2.24, 2.45) is 5.11 Å². The molecule has 0 N–H and O–H groups in total. The van der Waals surface area contributed by atoms with Crippen LogP contribution in [-0.4, -0.2) is 12.3 Å². The van der Waals surface area contributed by atoms with Gasteiger partial charge in [0.1, 0.15) is 5.82 Å². The highest BCUT2D eigenvalue weighted by Crippen LogP contribution is 2.15. The van der Waals surface area contributed by atoms with E-state index in [1.54, 1.807) is 24.3 Å². The van der Waals surface area contributed by atoms with Gasteiger partial charge in [0, 0.05) is 17.0 Å². The van der Waals surface area contributed by atoms with Gasteiger partial charge in [0.25, 0.3) is 0 Å². The predicted octanol–water partition coefficient (Wildman–Crippen LogP) is 3.74. The molecule has 0 bridgehead atoms. The number of halogens is 1. The molecule has 0 atom stereocenters. The molecule has 0 aliphatic rings. The minimum Gasteiger partial charge on any atom is -0.294 e. The van der Waals surface area contributed by atoms with Crippen LogP contribution in [0.5, 0.6) is 0 Å². The molecule has 0 aliphatic heterocycles. The zero-order chi connectivity index (χ0) is 12.7. The lowest BCUT2D eigenvalue weighted by molar-refractivity contribution is 0.101. The summed E-state index contributed by atoms with van der Waals surface area (Å²) >= 11 is 0. The first-order valence-corrected chi connectivity index (χ1v) is 5.13. The van der Waals surface area contributed by atoms with Gasteiger partial charge in [-0.05, 0) is 24.9 Å². The lowest BCUT2D eigenvalue weighted by Gasteiger charge is -2.01. The van der Waals surface area contributed by atoms with Crippen LogP contribution in [-0.2, 0) is 0 Å². The first-order chi connectivity index (χ1) is 8.16. The van der Waals surface area contributed by atoms with Crippen LogP contribution in [0.1, 0.15) is 29.3 Å². The average molecular weight is 233 g/mol. The standard InChI is InChI=1S/C12H12FN3O/c1-9(17)11-7-4-6-10(12(11)13)5-2-3-8-15-16-14/h2,4-7H,3,8H2,1H3. The van der Waals surface area contributed by atoms with Gasteiger partial charge in [-0.3, -0.25) is 4.79 Å². The topological polar surface area (TPSA) is 65.8 Å². The molecule has 1 rings (SSSR count). The fraction of sp³-hybridized carbons (Fsp3) is 0.250. The zero-order valence-electron chi connectivity index (χ0n) is 9.43. The van der Waals surface area contributed by atoms with Gasteiger partial charge < -0.3 is 0 Å². The molecule has 0 heterocycles. The Balaban J connectivity index is 2.81. The van der Waals surface area contributed by atoms with Gasteiger partial charge in [0.2, 0.25) is 0 Å². The van der Waals surface area contributed by atoms with Gasteiger partial charge in [-0.2, -0.15) is 0 Å². The molecular formula is C12H12FN3O. The van der Waals surface area contributed by atoms with Gasteiger partial charge >= 0.3 is 0 Å². The maximum atomic E-state index is 13.7. The number of hydrogen-bond donors (Lipinski definition) is 0. The largest absolute Gasteiger partial charge is 0.294 e. The Bertz CT molecular complexity index is 491. The fourth-order valence-corrected chi connectivity index (χ4v) is 1.34. The van der Waals surface area contributed by atoms with Gasteiger partial charge in [0.05, 0.1) is 5.56 Å². The van der Waals surface area contributed by atoms with Crippen molar-refractivity contribution in [1.29, 1.82) is 0 Å². The van der Waals surface area contributed by atoms with Gasteiger partial charge in [0.15, 0.2) is 5.78 Å². The summed E-state index contributed by atoms with van der Waals surface area (Å²) in [7, 11) is 0. The highest BCUT2D eigenvalue weighted by Gasteiger charge is 2.08. The van der Waals surface area contributed by atoms with E-state index in [0.717, 1.165) is 0 Å². The molecule has 0 amide bonds. The molecule has 5 heteroatoms. The monoisotopic (exact) mass is 233 g/mol. The second-order valence-electron chi connectivity index (χ2n) is 3.41. The van der Waals surface area contributed by atoms with Crippen molar-refractivity contribution in [2.75, 3.05) is 6.54 Å². The predicted molar refractivity (Wildman–Crippen MR) is 64.1 cm³/mol. The van der Waals surface area contributed by atoms with Crippen molar-refractivity contribution in [3.05, 3.63) is 51.7 Å². The van der Waals surface area contributed by atoms with E-state index >= 15 is 0 Å². The lowest BCUT2D eigenvalue weighted by Crippen LogP contribution is -1.98. The maximum Gasteiger partial charge on any atom is 0.162 e. The highest BCUT2D eigenvalue weighted by atomic mass is 19.1. The maximum absolute atomic E-state index is 13.7. The molecule has 0 saturated heterocycles. The summed E-state index contributed by atoms with van der Waals surface area (Å²) in [4.78, 5) is 13.7. The molecule has 4 nitrogen and oxygen atoms in total. The van der Waals surface area contributed by atoms with E-state index in [1.807, 2.05) is 0 Å². The summed E-state index contributed by atoms with van der Waals surface area (Å²) in [5.74, 6) is -0.813. The summed E-state index contributed by atoms with van der Waals surface area (Å²) in [6, 6.07) is 4.67. The molecule has 0 saturated carbocycles. The third-order valence-electron chi connectivity index (χ3n) is 2.16. The molecule has 0 fully saturated rings. The molecule has 1 aromatic rings. The summed E-state index contributed by atoms with van der Waals surface area (Å²) in [6.07, 6.45) is 3.82. The molecule has 17 heavy (non-hydrogen) atoms. The molecule has 88 valence electrons. The van der Waals surface area contributed by atoms with E-state index in [4.69, 9.17) is 5.53 Å². The van der Waals surface area contributed by atoms with Crippen LogP contribution in [0.15, 0.2) is 29.4 Å². The Kier molecular flexibility index (Phi) is 4.91. The number of hydrogen-bond acceptors (Lipinski definition) is 2. The minimum atomic E-state index is -0.514. The minimum absolute atomic E-state index is 0.0854. The van der Waals surface area contributed by atoms with Crippen molar-refractivity contribution in [2.45, 2.75) is 13.3 Å². The van der Waals surface area contributed by atoms with Gasteiger partial charge in [-0.1, -0.05) is 29.4 Å². The van der Waals surface area contributed by atoms with Crippen LogP contribution in [0.3, 0.4) is 0 Å². The Labute approximate surface area is 98.4 Å². The van der Waals surface area contributed by atoms with Crippen molar-refractivity contribution < 1.29 is 9.18 Å². The summed E-state index contributed by atoms with van der Waals surface area (Å²) in [6.45, 7) is 1.66. The van der Waals surface area contributed by atoms with Crippen LogP contribution in [0, 0.1) is 5.82 Å². The van der Waals surface area contributed by atoms with E-state index in [-0.39, 0.29) is 11.3 Å². The SMILES string of the molecule is CC(=O)c1cccc(C=CCCN=[N+]=[N-])c1F. The number of azide groups is 1. The number of carbonyl (C=O) groups excluding carboxylic acids is 1. The molecular weight excluding hydrogens is 221 g/mol. The van der Waals surface area contributed by atoms with E-state index in [0.29, 0.717) is 18.5 Å². The third-order valence-corrected chi connectivity index (χ3v) is 2.16. The molecule has 0 aliphatic carbocycles. The van der Waals surface area contributed by atoms with Crippen LogP contribution in [0.4, 0.5) is 4.39 Å². The van der Waals surface area contributed by atoms with Crippen molar-refractivity contribution >= 4 is 11.9 Å². The molecule has 0 spiro atoms. The van der Waals surface area contributed by atoms with E-state index < -0.39 is 5.82 Å². The molecule has 1 aromatic carbocycles. The van der Waals surface area contributed by atoms with Crippen molar-refractivity contribution in [1.82, 2.24) is 0 Å². The molecule has 0 aromatic heterocycles. The second kappa shape index (κ2) is 6.45. The smallest absolute Gasteiger partial charge is 0.162 e. The Morgan fingerprint density at radius 1 is 1.59 bits per heavy atom. The Morgan fingerprint density at radius 3 is 3.00 bits per heavy atom. The van der Waals surface area contributed by atoms with E-state index in [9.17, 15) is 9.18 Å². The number of rotatable bonds is 5. The number of carbonyl (C=O) groups is 1. The van der Waals surface area contributed by atoms with Crippen LogP contribution in [0.25, 0.3) is 16.5 Å². The third kappa shape index (κ3) is 3.74. The molecule has 0 unspecified atom stereocenters.